The summed E-state index contributed by atoms with van der Waals surface area (Å²) in [5, 5.41) is 14.5. The molecule has 3 N–H and O–H groups in total. The lowest BCUT2D eigenvalue weighted by Crippen LogP contribution is -2.36. The van der Waals surface area contributed by atoms with Gasteiger partial charge in [0.2, 0.25) is 0 Å². The molecule has 0 spiro atoms. The summed E-state index contributed by atoms with van der Waals surface area (Å²) >= 11 is 0. The van der Waals surface area contributed by atoms with E-state index in [1.54, 1.807) is 12.1 Å². The van der Waals surface area contributed by atoms with Gasteiger partial charge in [-0.05, 0) is 23.5 Å². The molecule has 5 nitrogen and oxygen atoms in total. The second-order valence-corrected chi connectivity index (χ2v) is 5.53. The number of carbonyl (C=O) groups is 2. The van der Waals surface area contributed by atoms with E-state index in [-0.39, 0.29) is 12.5 Å². The maximum absolute atomic E-state index is 11.7. The summed E-state index contributed by atoms with van der Waals surface area (Å²) in [6.45, 7) is 1.05. The molecule has 2 amide bonds. The summed E-state index contributed by atoms with van der Waals surface area (Å²) in [7, 11) is 0. The van der Waals surface area contributed by atoms with Crippen LogP contribution in [0.5, 0.6) is 0 Å². The van der Waals surface area contributed by atoms with Gasteiger partial charge in [0.1, 0.15) is 0 Å². The lowest BCUT2D eigenvalue weighted by molar-refractivity contribution is -0.136. The molecule has 2 rings (SSSR count). The number of carbonyl (C=O) groups excluding carboxylic acids is 1. The van der Waals surface area contributed by atoms with Gasteiger partial charge >= 0.3 is 12.0 Å². The fourth-order valence-electron chi connectivity index (χ4n) is 2.47. The first-order valence-electron chi connectivity index (χ1n) is 7.45. The van der Waals surface area contributed by atoms with Gasteiger partial charge in [0, 0.05) is 13.1 Å². The van der Waals surface area contributed by atoms with Crippen LogP contribution in [0, 0.1) is 5.92 Å². The molecule has 0 radical (unpaired) electrons. The second-order valence-electron chi connectivity index (χ2n) is 5.53. The summed E-state index contributed by atoms with van der Waals surface area (Å²) in [6, 6.07) is 7.07. The molecule has 1 aliphatic rings. The van der Waals surface area contributed by atoms with E-state index in [0.29, 0.717) is 13.1 Å². The topological polar surface area (TPSA) is 78.4 Å². The zero-order valence-corrected chi connectivity index (χ0v) is 12.1. The van der Waals surface area contributed by atoms with Crippen molar-refractivity contribution in [3.05, 3.63) is 35.4 Å². The highest BCUT2D eigenvalue weighted by Gasteiger charge is 2.16. The monoisotopic (exact) mass is 290 g/mol. The lowest BCUT2D eigenvalue weighted by Gasteiger charge is -2.25. The minimum atomic E-state index is -0.868. The molecule has 1 aromatic carbocycles. The van der Waals surface area contributed by atoms with Crippen molar-refractivity contribution in [2.45, 2.75) is 38.6 Å². The number of urea groups is 1. The third-order valence-corrected chi connectivity index (χ3v) is 3.96. The Kier molecular flexibility index (Phi) is 5.60. The molecule has 0 aliphatic heterocycles. The zero-order chi connectivity index (χ0) is 15.1. The van der Waals surface area contributed by atoms with E-state index in [4.69, 9.17) is 5.11 Å². The van der Waals surface area contributed by atoms with Crippen LogP contribution >= 0.6 is 0 Å². The van der Waals surface area contributed by atoms with Gasteiger partial charge in [-0.25, -0.2) is 4.79 Å². The largest absolute Gasteiger partial charge is 0.481 e. The Bertz CT molecular complexity index is 498. The molecule has 0 bridgehead atoms. The number of carboxylic acids is 1. The molecular formula is C16H22N2O3. The Labute approximate surface area is 124 Å². The molecule has 5 heteroatoms. The molecule has 0 atom stereocenters. The van der Waals surface area contributed by atoms with Crippen LogP contribution in [0.2, 0.25) is 0 Å². The number of amides is 2. The Balaban J connectivity index is 1.73. The number of aliphatic carboxylic acids is 1. The van der Waals surface area contributed by atoms with Gasteiger partial charge in [-0.15, -0.1) is 0 Å². The summed E-state index contributed by atoms with van der Waals surface area (Å²) in [4.78, 5) is 22.5. The van der Waals surface area contributed by atoms with Crippen molar-refractivity contribution >= 4 is 12.0 Å². The van der Waals surface area contributed by atoms with Crippen molar-refractivity contribution in [2.24, 2.45) is 5.92 Å². The minimum absolute atomic E-state index is 0.0266. The van der Waals surface area contributed by atoms with E-state index in [0.717, 1.165) is 23.5 Å². The average Bonchev–Trinajstić information content (AvgIpc) is 2.40. The van der Waals surface area contributed by atoms with Crippen LogP contribution in [0.15, 0.2) is 24.3 Å². The Morgan fingerprint density at radius 1 is 1.14 bits per heavy atom. The molecule has 0 unspecified atom stereocenters. The van der Waals surface area contributed by atoms with Crippen molar-refractivity contribution in [1.29, 1.82) is 0 Å². The fourth-order valence-corrected chi connectivity index (χ4v) is 2.47. The molecule has 1 fully saturated rings. The third-order valence-electron chi connectivity index (χ3n) is 3.96. The number of carboxylic acid groups (broad SMARTS) is 1. The number of nitrogens with one attached hydrogen (secondary N) is 2. The van der Waals surface area contributed by atoms with Crippen molar-refractivity contribution < 1.29 is 14.7 Å². The van der Waals surface area contributed by atoms with Crippen molar-refractivity contribution in [3.63, 3.8) is 0 Å². The van der Waals surface area contributed by atoms with E-state index in [1.807, 2.05) is 12.1 Å². The van der Waals surface area contributed by atoms with Gasteiger partial charge in [0.15, 0.2) is 0 Å². The smallest absolute Gasteiger partial charge is 0.315 e. The highest BCUT2D eigenvalue weighted by atomic mass is 16.4. The lowest BCUT2D eigenvalue weighted by atomic mass is 9.83. The molecular weight excluding hydrogens is 268 g/mol. The van der Waals surface area contributed by atoms with E-state index >= 15 is 0 Å². The first-order chi connectivity index (χ1) is 10.1. The standard InChI is InChI=1S/C16H22N2O3/c19-15(20)10-13-6-1-2-7-14(13)11-18-16(21)17-9-8-12-4-3-5-12/h1-2,6-7,12H,3-5,8-11H2,(H,19,20)(H2,17,18,21). The van der Waals surface area contributed by atoms with Crippen LogP contribution in [0.1, 0.15) is 36.8 Å². The number of rotatable bonds is 7. The molecule has 0 saturated heterocycles. The van der Waals surface area contributed by atoms with Crippen LogP contribution in [0.25, 0.3) is 0 Å². The van der Waals surface area contributed by atoms with Crippen LogP contribution in [-0.2, 0) is 17.8 Å². The van der Waals surface area contributed by atoms with Gasteiger partial charge in [-0.2, -0.15) is 0 Å². The fraction of sp³-hybridized carbons (Fsp3) is 0.500. The average molecular weight is 290 g/mol. The normalized spacial score (nSPS) is 14.3. The highest BCUT2D eigenvalue weighted by molar-refractivity contribution is 5.74. The first-order valence-corrected chi connectivity index (χ1v) is 7.45. The second kappa shape index (κ2) is 7.67. The van der Waals surface area contributed by atoms with Crippen LogP contribution < -0.4 is 10.6 Å². The quantitative estimate of drug-likeness (QED) is 0.721. The molecule has 1 aromatic rings. The summed E-state index contributed by atoms with van der Waals surface area (Å²) in [6.07, 6.45) is 4.90. The third kappa shape index (κ3) is 5.10. The Morgan fingerprint density at radius 3 is 2.48 bits per heavy atom. The number of benzene rings is 1. The maximum Gasteiger partial charge on any atom is 0.315 e. The van der Waals surface area contributed by atoms with Crippen molar-refractivity contribution in [1.82, 2.24) is 10.6 Å². The summed E-state index contributed by atoms with van der Waals surface area (Å²) < 4.78 is 0. The summed E-state index contributed by atoms with van der Waals surface area (Å²) in [5.74, 6) is -0.0889. The molecule has 1 aliphatic carbocycles. The van der Waals surface area contributed by atoms with Gasteiger partial charge in [-0.1, -0.05) is 43.5 Å². The predicted molar refractivity (Wildman–Crippen MR) is 80.0 cm³/mol. The van der Waals surface area contributed by atoms with E-state index in [9.17, 15) is 9.59 Å². The van der Waals surface area contributed by atoms with E-state index in [1.165, 1.54) is 19.3 Å². The predicted octanol–water partition coefficient (Wildman–Crippen LogP) is 2.30. The van der Waals surface area contributed by atoms with Crippen LogP contribution in [-0.4, -0.2) is 23.7 Å². The van der Waals surface area contributed by atoms with Crippen LogP contribution in [0.4, 0.5) is 4.79 Å². The summed E-state index contributed by atoms with van der Waals surface area (Å²) in [5.41, 5.74) is 1.58. The molecule has 0 heterocycles. The number of hydrogen-bond acceptors (Lipinski definition) is 2. The van der Waals surface area contributed by atoms with Crippen molar-refractivity contribution in [2.75, 3.05) is 6.54 Å². The van der Waals surface area contributed by atoms with E-state index in [2.05, 4.69) is 10.6 Å². The van der Waals surface area contributed by atoms with Crippen molar-refractivity contribution in [3.8, 4) is 0 Å². The van der Waals surface area contributed by atoms with Gasteiger partial charge in [0.25, 0.3) is 0 Å². The Hall–Kier alpha value is -2.04. The molecule has 1 saturated carbocycles. The molecule has 0 aromatic heterocycles. The SMILES string of the molecule is O=C(O)Cc1ccccc1CNC(=O)NCCC1CCC1. The molecule has 114 valence electrons. The van der Waals surface area contributed by atoms with Gasteiger partial charge in [0.05, 0.1) is 6.42 Å². The first kappa shape index (κ1) is 15.4. The minimum Gasteiger partial charge on any atom is -0.481 e. The van der Waals surface area contributed by atoms with Gasteiger partial charge < -0.3 is 15.7 Å². The molecule has 21 heavy (non-hydrogen) atoms. The maximum atomic E-state index is 11.7. The zero-order valence-electron chi connectivity index (χ0n) is 12.1. The van der Waals surface area contributed by atoms with E-state index < -0.39 is 5.97 Å². The number of hydrogen-bond donors (Lipinski definition) is 3. The Morgan fingerprint density at radius 2 is 1.86 bits per heavy atom. The van der Waals surface area contributed by atoms with Crippen LogP contribution in [0.3, 0.4) is 0 Å². The van der Waals surface area contributed by atoms with Gasteiger partial charge in [-0.3, -0.25) is 4.79 Å². The highest BCUT2D eigenvalue weighted by Crippen LogP contribution is 2.28.